The standard InChI is InChI=1S/C20H30N6O/c1-15-19(16(2)25(4)24-15)14-23-20(21-3)22-13-17-5-7-18(8-6-17)26-9-11-27-12-10-26/h5-8H,9-14H2,1-4H3,(H2,21,22,23). The monoisotopic (exact) mass is 370 g/mol. The van der Waals surface area contributed by atoms with Crippen molar-refractivity contribution >= 4 is 11.6 Å². The molecule has 7 nitrogen and oxygen atoms in total. The fourth-order valence-corrected chi connectivity index (χ4v) is 3.30. The molecule has 146 valence electrons. The Morgan fingerprint density at radius 1 is 1.11 bits per heavy atom. The number of hydrogen-bond acceptors (Lipinski definition) is 4. The molecule has 1 aromatic heterocycles. The summed E-state index contributed by atoms with van der Waals surface area (Å²) in [4.78, 5) is 6.68. The highest BCUT2D eigenvalue weighted by Gasteiger charge is 2.11. The van der Waals surface area contributed by atoms with Crippen LogP contribution in [0.3, 0.4) is 0 Å². The van der Waals surface area contributed by atoms with Crippen molar-refractivity contribution in [2.45, 2.75) is 26.9 Å². The summed E-state index contributed by atoms with van der Waals surface area (Å²) in [7, 11) is 3.76. The molecule has 0 radical (unpaired) electrons. The average Bonchev–Trinajstić information content (AvgIpc) is 2.95. The maximum absolute atomic E-state index is 5.42. The molecule has 0 amide bonds. The van der Waals surface area contributed by atoms with Gasteiger partial charge in [0.15, 0.2) is 5.96 Å². The minimum Gasteiger partial charge on any atom is -0.378 e. The van der Waals surface area contributed by atoms with E-state index in [9.17, 15) is 0 Å². The summed E-state index contributed by atoms with van der Waals surface area (Å²) in [5.74, 6) is 0.787. The van der Waals surface area contributed by atoms with Gasteiger partial charge in [-0.2, -0.15) is 5.10 Å². The maximum Gasteiger partial charge on any atom is 0.191 e. The van der Waals surface area contributed by atoms with E-state index in [1.54, 1.807) is 7.05 Å². The predicted octanol–water partition coefficient (Wildman–Crippen LogP) is 1.74. The number of aromatic nitrogens is 2. The number of rotatable bonds is 5. The Hall–Kier alpha value is -2.54. The van der Waals surface area contributed by atoms with Crippen molar-refractivity contribution in [3.63, 3.8) is 0 Å². The predicted molar refractivity (Wildman–Crippen MR) is 109 cm³/mol. The molecule has 1 aromatic carbocycles. The Labute approximate surface area is 161 Å². The minimum absolute atomic E-state index is 0.709. The quantitative estimate of drug-likeness (QED) is 0.620. The van der Waals surface area contributed by atoms with Crippen molar-refractivity contribution in [2.24, 2.45) is 12.0 Å². The van der Waals surface area contributed by atoms with E-state index in [0.29, 0.717) is 6.54 Å². The summed E-state index contributed by atoms with van der Waals surface area (Å²) in [5, 5.41) is 11.2. The Morgan fingerprint density at radius 2 is 1.78 bits per heavy atom. The Bertz CT molecular complexity index is 775. The van der Waals surface area contributed by atoms with Crippen LogP contribution in [0, 0.1) is 13.8 Å². The number of aryl methyl sites for hydroxylation is 2. The van der Waals surface area contributed by atoms with Gasteiger partial charge in [-0.05, 0) is 31.5 Å². The molecule has 7 heteroatoms. The second-order valence-corrected chi connectivity index (χ2v) is 6.82. The summed E-state index contributed by atoms with van der Waals surface area (Å²) < 4.78 is 7.33. The molecule has 2 heterocycles. The molecule has 0 atom stereocenters. The Balaban J connectivity index is 1.51. The second kappa shape index (κ2) is 8.90. The van der Waals surface area contributed by atoms with Crippen LogP contribution in [-0.4, -0.2) is 49.1 Å². The Morgan fingerprint density at radius 3 is 2.37 bits per heavy atom. The molecular weight excluding hydrogens is 340 g/mol. The molecular formula is C20H30N6O. The van der Waals surface area contributed by atoms with Gasteiger partial charge >= 0.3 is 0 Å². The van der Waals surface area contributed by atoms with Crippen LogP contribution in [0.1, 0.15) is 22.5 Å². The molecule has 2 N–H and O–H groups in total. The molecule has 1 aliphatic heterocycles. The van der Waals surface area contributed by atoms with Crippen molar-refractivity contribution in [3.05, 3.63) is 46.8 Å². The van der Waals surface area contributed by atoms with Gasteiger partial charge in [-0.3, -0.25) is 9.67 Å². The summed E-state index contributed by atoms with van der Waals surface area (Å²) >= 11 is 0. The molecule has 3 rings (SSSR count). The summed E-state index contributed by atoms with van der Waals surface area (Å²) in [6, 6.07) is 8.70. The van der Waals surface area contributed by atoms with Gasteiger partial charge in [-0.15, -0.1) is 0 Å². The van der Waals surface area contributed by atoms with Crippen molar-refractivity contribution in [1.29, 1.82) is 0 Å². The Kier molecular flexibility index (Phi) is 6.34. The highest BCUT2D eigenvalue weighted by atomic mass is 16.5. The molecule has 1 aliphatic rings. The molecule has 0 spiro atoms. The lowest BCUT2D eigenvalue weighted by molar-refractivity contribution is 0.122. The van der Waals surface area contributed by atoms with E-state index in [2.05, 4.69) is 56.8 Å². The van der Waals surface area contributed by atoms with E-state index < -0.39 is 0 Å². The molecule has 27 heavy (non-hydrogen) atoms. The maximum atomic E-state index is 5.42. The number of morpholine rings is 1. The van der Waals surface area contributed by atoms with Crippen LogP contribution >= 0.6 is 0 Å². The van der Waals surface area contributed by atoms with Crippen LogP contribution in [0.2, 0.25) is 0 Å². The number of ether oxygens (including phenoxy) is 1. The number of nitrogens with one attached hydrogen (secondary N) is 2. The first-order valence-corrected chi connectivity index (χ1v) is 9.43. The topological polar surface area (TPSA) is 66.7 Å². The second-order valence-electron chi connectivity index (χ2n) is 6.82. The SMILES string of the molecule is CN=C(NCc1ccc(N2CCOCC2)cc1)NCc1c(C)nn(C)c1C. The fraction of sp³-hybridized carbons (Fsp3) is 0.500. The van der Waals surface area contributed by atoms with Crippen molar-refractivity contribution in [3.8, 4) is 0 Å². The zero-order valence-corrected chi connectivity index (χ0v) is 16.7. The van der Waals surface area contributed by atoms with Gasteiger partial charge in [0.2, 0.25) is 0 Å². The largest absolute Gasteiger partial charge is 0.378 e. The van der Waals surface area contributed by atoms with Gasteiger partial charge in [0.05, 0.1) is 18.9 Å². The van der Waals surface area contributed by atoms with E-state index in [1.165, 1.54) is 22.5 Å². The lowest BCUT2D eigenvalue weighted by Crippen LogP contribution is -2.37. The molecule has 2 aromatic rings. The smallest absolute Gasteiger partial charge is 0.191 e. The first-order valence-electron chi connectivity index (χ1n) is 9.43. The van der Waals surface area contributed by atoms with Crippen molar-refractivity contribution in [2.75, 3.05) is 38.3 Å². The summed E-state index contributed by atoms with van der Waals surface area (Å²) in [5.41, 5.74) is 5.93. The molecule has 0 aliphatic carbocycles. The van der Waals surface area contributed by atoms with Crippen LogP contribution in [0.15, 0.2) is 29.3 Å². The number of benzene rings is 1. The normalized spacial score (nSPS) is 15.1. The first kappa shape index (κ1) is 19.2. The molecule has 0 saturated carbocycles. The number of guanidine groups is 1. The van der Waals surface area contributed by atoms with E-state index in [1.807, 2.05) is 18.7 Å². The van der Waals surface area contributed by atoms with E-state index in [0.717, 1.165) is 44.5 Å². The highest BCUT2D eigenvalue weighted by Crippen LogP contribution is 2.16. The van der Waals surface area contributed by atoms with Gasteiger partial charge in [0, 0.05) is 57.2 Å². The molecule has 1 saturated heterocycles. The minimum atomic E-state index is 0.709. The number of aliphatic imine (C=N–C) groups is 1. The lowest BCUT2D eigenvalue weighted by Gasteiger charge is -2.28. The summed E-state index contributed by atoms with van der Waals surface area (Å²) in [6.45, 7) is 9.10. The van der Waals surface area contributed by atoms with Crippen LogP contribution in [0.5, 0.6) is 0 Å². The third kappa shape index (κ3) is 4.80. The van der Waals surface area contributed by atoms with Gasteiger partial charge in [-0.25, -0.2) is 0 Å². The van der Waals surface area contributed by atoms with Crippen molar-refractivity contribution in [1.82, 2.24) is 20.4 Å². The molecule has 0 unspecified atom stereocenters. The average molecular weight is 371 g/mol. The number of hydrogen-bond donors (Lipinski definition) is 2. The zero-order chi connectivity index (χ0) is 19.2. The van der Waals surface area contributed by atoms with Crippen LogP contribution < -0.4 is 15.5 Å². The number of anilines is 1. The van der Waals surface area contributed by atoms with E-state index in [4.69, 9.17) is 4.74 Å². The van der Waals surface area contributed by atoms with Crippen LogP contribution in [0.4, 0.5) is 5.69 Å². The highest BCUT2D eigenvalue weighted by molar-refractivity contribution is 5.79. The fourth-order valence-electron chi connectivity index (χ4n) is 3.30. The third-order valence-electron chi connectivity index (χ3n) is 5.09. The van der Waals surface area contributed by atoms with Gasteiger partial charge in [0.25, 0.3) is 0 Å². The van der Waals surface area contributed by atoms with Crippen LogP contribution in [-0.2, 0) is 24.9 Å². The number of nitrogens with zero attached hydrogens (tertiary/aromatic N) is 4. The third-order valence-corrected chi connectivity index (χ3v) is 5.09. The molecule has 0 bridgehead atoms. The zero-order valence-electron chi connectivity index (χ0n) is 16.7. The van der Waals surface area contributed by atoms with Crippen molar-refractivity contribution < 1.29 is 4.74 Å². The van der Waals surface area contributed by atoms with Gasteiger partial charge in [0.1, 0.15) is 0 Å². The van der Waals surface area contributed by atoms with Gasteiger partial charge < -0.3 is 20.3 Å². The first-order chi connectivity index (χ1) is 13.1. The van der Waals surface area contributed by atoms with E-state index >= 15 is 0 Å². The van der Waals surface area contributed by atoms with E-state index in [-0.39, 0.29) is 0 Å². The van der Waals surface area contributed by atoms with Gasteiger partial charge in [-0.1, -0.05) is 12.1 Å². The lowest BCUT2D eigenvalue weighted by atomic mass is 10.2. The molecule has 1 fully saturated rings. The van der Waals surface area contributed by atoms with Crippen LogP contribution in [0.25, 0.3) is 0 Å². The summed E-state index contributed by atoms with van der Waals surface area (Å²) in [6.07, 6.45) is 0.